The first-order chi connectivity index (χ1) is 13.1. The number of rotatable bonds is 4. The van der Waals surface area contributed by atoms with E-state index in [-0.39, 0.29) is 12.0 Å². The molecule has 3 aliphatic rings. The van der Waals surface area contributed by atoms with Crippen molar-refractivity contribution in [3.8, 4) is 0 Å². The molecule has 2 N–H and O–H groups in total. The van der Waals surface area contributed by atoms with E-state index in [1.165, 1.54) is 62.0 Å². The number of hydrogen-bond donors (Lipinski definition) is 2. The molecule has 0 spiro atoms. The van der Waals surface area contributed by atoms with E-state index in [1.54, 1.807) is 0 Å². The summed E-state index contributed by atoms with van der Waals surface area (Å²) in [4.78, 5) is 18.5. The summed E-state index contributed by atoms with van der Waals surface area (Å²) in [5.74, 6) is 0.202. The molecular weight excluding hydrogens is 340 g/mol. The Kier molecular flexibility index (Phi) is 5.34. The molecule has 27 heavy (non-hydrogen) atoms. The number of amides is 1. The maximum absolute atomic E-state index is 12.3. The van der Waals surface area contributed by atoms with Crippen LogP contribution >= 0.6 is 0 Å². The number of carbonyl (C=O) groups is 1. The predicted octanol–water partition coefficient (Wildman–Crippen LogP) is 3.13. The van der Waals surface area contributed by atoms with Crippen molar-refractivity contribution in [3.05, 3.63) is 28.1 Å². The Morgan fingerprint density at radius 2 is 1.93 bits per heavy atom. The van der Waals surface area contributed by atoms with Gasteiger partial charge in [-0.3, -0.25) is 9.69 Å². The van der Waals surface area contributed by atoms with Gasteiger partial charge >= 0.3 is 0 Å². The maximum atomic E-state index is 12.3. The van der Waals surface area contributed by atoms with Crippen LogP contribution < -0.4 is 5.43 Å². The molecule has 1 aromatic rings. The second kappa shape index (κ2) is 7.89. The number of likely N-dealkylation sites (tertiary alicyclic amines) is 1. The highest BCUT2D eigenvalue weighted by molar-refractivity contribution is 6.24. The Morgan fingerprint density at radius 3 is 2.70 bits per heavy atom. The quantitative estimate of drug-likeness (QED) is 0.800. The summed E-state index contributed by atoms with van der Waals surface area (Å²) in [6.45, 7) is 7.18. The van der Waals surface area contributed by atoms with Crippen molar-refractivity contribution < 1.29 is 9.53 Å². The van der Waals surface area contributed by atoms with E-state index in [4.69, 9.17) is 4.74 Å². The number of carbonyl (C=O) groups excluding carboxylic acids is 1. The molecule has 0 aromatic carbocycles. The molecule has 0 radical (unpaired) electrons. The molecule has 1 aromatic heterocycles. The van der Waals surface area contributed by atoms with Gasteiger partial charge in [-0.25, -0.2) is 5.43 Å². The molecule has 6 nitrogen and oxygen atoms in total. The van der Waals surface area contributed by atoms with Crippen LogP contribution in [-0.2, 0) is 28.9 Å². The molecule has 2 aliphatic heterocycles. The molecule has 0 unspecified atom stereocenters. The minimum Gasteiger partial charge on any atom is -0.473 e. The van der Waals surface area contributed by atoms with Gasteiger partial charge in [0.15, 0.2) is 0 Å². The molecule has 0 atom stereocenters. The summed E-state index contributed by atoms with van der Waals surface area (Å²) in [7, 11) is 0. The minimum absolute atomic E-state index is 0.0236. The van der Waals surface area contributed by atoms with Gasteiger partial charge in [0, 0.05) is 17.9 Å². The van der Waals surface area contributed by atoms with Crippen molar-refractivity contribution >= 4 is 17.9 Å². The van der Waals surface area contributed by atoms with Crippen molar-refractivity contribution in [2.75, 3.05) is 13.1 Å². The SMILES string of the molecule is CC(C)OC1=NNC(=O)C1=Cc1[nH]c2c(c1CN1CCCCC1)CCCC2. The number of H-pyrrole nitrogens is 1. The summed E-state index contributed by atoms with van der Waals surface area (Å²) in [6, 6.07) is 0. The highest BCUT2D eigenvalue weighted by Crippen LogP contribution is 2.30. The first-order valence-corrected chi connectivity index (χ1v) is 10.3. The molecule has 6 heteroatoms. The van der Waals surface area contributed by atoms with Gasteiger partial charge in [0.05, 0.1) is 6.10 Å². The number of aryl methyl sites for hydroxylation is 1. The van der Waals surface area contributed by atoms with Crippen LogP contribution in [0.4, 0.5) is 0 Å². The lowest BCUT2D eigenvalue weighted by Gasteiger charge is -2.27. The zero-order valence-electron chi connectivity index (χ0n) is 16.4. The van der Waals surface area contributed by atoms with Crippen molar-refractivity contribution in [2.45, 2.75) is 71.4 Å². The summed E-state index contributed by atoms with van der Waals surface area (Å²) in [5.41, 5.74) is 8.30. The largest absolute Gasteiger partial charge is 0.473 e. The van der Waals surface area contributed by atoms with E-state index < -0.39 is 0 Å². The topological polar surface area (TPSA) is 69.7 Å². The monoisotopic (exact) mass is 370 g/mol. The molecule has 0 saturated carbocycles. The minimum atomic E-state index is -0.192. The fourth-order valence-electron chi connectivity index (χ4n) is 4.33. The number of aromatic amines is 1. The van der Waals surface area contributed by atoms with Crippen molar-refractivity contribution in [2.24, 2.45) is 5.10 Å². The van der Waals surface area contributed by atoms with Gasteiger partial charge in [0.2, 0.25) is 5.90 Å². The van der Waals surface area contributed by atoms with Crippen LogP contribution in [0.3, 0.4) is 0 Å². The third-order valence-corrected chi connectivity index (χ3v) is 5.64. The Balaban J connectivity index is 1.67. The zero-order chi connectivity index (χ0) is 18.8. The van der Waals surface area contributed by atoms with E-state index >= 15 is 0 Å². The van der Waals surface area contributed by atoms with E-state index in [9.17, 15) is 4.79 Å². The normalized spacial score (nSPS) is 22.1. The van der Waals surface area contributed by atoms with Gasteiger partial charge in [0.1, 0.15) is 5.57 Å². The van der Waals surface area contributed by atoms with Crippen LogP contribution in [0.2, 0.25) is 0 Å². The van der Waals surface area contributed by atoms with Crippen LogP contribution in [0.5, 0.6) is 0 Å². The number of nitrogens with zero attached hydrogens (tertiary/aromatic N) is 2. The summed E-state index contributed by atoms with van der Waals surface area (Å²) in [5, 5.41) is 4.06. The van der Waals surface area contributed by atoms with Crippen molar-refractivity contribution in [1.29, 1.82) is 0 Å². The highest BCUT2D eigenvalue weighted by atomic mass is 16.5. The number of ether oxygens (including phenoxy) is 1. The third kappa shape index (κ3) is 3.95. The first kappa shape index (κ1) is 18.3. The number of hydrogen-bond acceptors (Lipinski definition) is 4. The third-order valence-electron chi connectivity index (χ3n) is 5.64. The number of fused-ring (bicyclic) bond motifs is 1. The van der Waals surface area contributed by atoms with Crippen LogP contribution in [0.15, 0.2) is 10.7 Å². The molecule has 0 bridgehead atoms. The average Bonchev–Trinajstić information content (AvgIpc) is 3.18. The van der Waals surface area contributed by atoms with Gasteiger partial charge in [-0.2, -0.15) is 0 Å². The van der Waals surface area contributed by atoms with Crippen LogP contribution in [0.25, 0.3) is 6.08 Å². The van der Waals surface area contributed by atoms with Gasteiger partial charge < -0.3 is 9.72 Å². The summed E-state index contributed by atoms with van der Waals surface area (Å²) in [6.07, 6.45) is 10.5. The Labute approximate surface area is 161 Å². The molecule has 1 aliphatic carbocycles. The Hall–Kier alpha value is -2.08. The van der Waals surface area contributed by atoms with E-state index in [2.05, 4.69) is 20.4 Å². The smallest absolute Gasteiger partial charge is 0.277 e. The van der Waals surface area contributed by atoms with Crippen LogP contribution in [0.1, 0.15) is 68.5 Å². The van der Waals surface area contributed by atoms with E-state index in [0.29, 0.717) is 11.5 Å². The lowest BCUT2D eigenvalue weighted by atomic mass is 9.93. The molecule has 4 rings (SSSR count). The van der Waals surface area contributed by atoms with Crippen molar-refractivity contribution in [3.63, 3.8) is 0 Å². The lowest BCUT2D eigenvalue weighted by Crippen LogP contribution is -2.29. The second-order valence-corrected chi connectivity index (χ2v) is 8.10. The van der Waals surface area contributed by atoms with Gasteiger partial charge in [-0.1, -0.05) is 6.42 Å². The maximum Gasteiger partial charge on any atom is 0.277 e. The molecule has 3 heterocycles. The number of piperidine rings is 1. The number of nitrogens with one attached hydrogen (secondary N) is 2. The molecular formula is C21H30N4O2. The molecule has 1 fully saturated rings. The van der Waals surface area contributed by atoms with E-state index in [1.807, 2.05) is 19.9 Å². The summed E-state index contributed by atoms with van der Waals surface area (Å²) >= 11 is 0. The van der Waals surface area contributed by atoms with Gasteiger partial charge in [-0.15, -0.1) is 5.10 Å². The van der Waals surface area contributed by atoms with Crippen LogP contribution in [0, 0.1) is 0 Å². The highest BCUT2D eigenvalue weighted by Gasteiger charge is 2.28. The Bertz CT molecular complexity index is 769. The fourth-order valence-corrected chi connectivity index (χ4v) is 4.33. The van der Waals surface area contributed by atoms with Crippen LogP contribution in [-0.4, -0.2) is 40.9 Å². The summed E-state index contributed by atoms with van der Waals surface area (Å²) < 4.78 is 5.73. The van der Waals surface area contributed by atoms with Crippen molar-refractivity contribution in [1.82, 2.24) is 15.3 Å². The molecule has 1 amide bonds. The Morgan fingerprint density at radius 1 is 1.15 bits per heavy atom. The first-order valence-electron chi connectivity index (χ1n) is 10.3. The predicted molar refractivity (Wildman–Crippen MR) is 106 cm³/mol. The second-order valence-electron chi connectivity index (χ2n) is 8.10. The lowest BCUT2D eigenvalue weighted by molar-refractivity contribution is -0.116. The fraction of sp³-hybridized carbons (Fsp3) is 0.619. The number of aromatic nitrogens is 1. The van der Waals surface area contributed by atoms with E-state index in [0.717, 1.165) is 25.1 Å². The van der Waals surface area contributed by atoms with Gasteiger partial charge in [0.25, 0.3) is 5.91 Å². The zero-order valence-corrected chi connectivity index (χ0v) is 16.4. The molecule has 1 saturated heterocycles. The standard InChI is InChI=1S/C21H30N4O2/c1-14(2)27-21-16(20(26)23-24-21)12-19-17(13-25-10-6-3-7-11-25)15-8-4-5-9-18(15)22-19/h12,14,22H,3-11,13H2,1-2H3,(H,23,26). The number of hydrazone groups is 1. The van der Waals surface area contributed by atoms with Gasteiger partial charge in [-0.05, 0) is 82.7 Å². The average molecular weight is 370 g/mol. The molecule has 146 valence electrons.